The number of anilines is 1. The van der Waals surface area contributed by atoms with Crippen molar-refractivity contribution in [3.8, 4) is 0 Å². The number of amides is 2. The molecule has 0 radical (unpaired) electrons. The van der Waals surface area contributed by atoms with Gasteiger partial charge in [0.05, 0.1) is 0 Å². The highest BCUT2D eigenvalue weighted by molar-refractivity contribution is 6.04. The number of hydrogen-bond acceptors (Lipinski definition) is 4. The number of nitrogens with zero attached hydrogens (tertiary/aromatic N) is 3. The van der Waals surface area contributed by atoms with Gasteiger partial charge in [-0.2, -0.15) is 13.9 Å². The fourth-order valence-electron chi connectivity index (χ4n) is 4.29. The van der Waals surface area contributed by atoms with Crippen LogP contribution in [0.3, 0.4) is 0 Å². The van der Waals surface area contributed by atoms with Crippen molar-refractivity contribution in [2.24, 2.45) is 17.1 Å². The molecule has 1 spiro atoms. The molecular formula is C20H23F2N5O2. The van der Waals surface area contributed by atoms with Gasteiger partial charge in [0.15, 0.2) is 0 Å². The Labute approximate surface area is 166 Å². The third kappa shape index (κ3) is 3.49. The smallest absolute Gasteiger partial charge is 0.289 e. The minimum absolute atomic E-state index is 0.000969. The number of carbonyl (C=O) groups is 2. The molecule has 2 aromatic heterocycles. The van der Waals surface area contributed by atoms with Crippen LogP contribution < -0.4 is 11.1 Å². The van der Waals surface area contributed by atoms with Gasteiger partial charge in [0.25, 0.3) is 17.7 Å². The van der Waals surface area contributed by atoms with Crippen molar-refractivity contribution in [1.82, 2.24) is 14.8 Å². The van der Waals surface area contributed by atoms with Crippen molar-refractivity contribution in [3.05, 3.63) is 41.0 Å². The van der Waals surface area contributed by atoms with Crippen molar-refractivity contribution in [3.63, 3.8) is 0 Å². The van der Waals surface area contributed by atoms with Crippen molar-refractivity contribution in [2.45, 2.75) is 52.0 Å². The van der Waals surface area contributed by atoms with Crippen LogP contribution in [-0.2, 0) is 12.5 Å². The molecule has 4 rings (SSSR count). The lowest BCUT2D eigenvalue weighted by molar-refractivity contribution is 0.0110. The molecule has 0 saturated heterocycles. The first kappa shape index (κ1) is 19.5. The van der Waals surface area contributed by atoms with E-state index in [1.165, 1.54) is 29.9 Å². The van der Waals surface area contributed by atoms with Gasteiger partial charge in [0, 0.05) is 30.9 Å². The number of aromatic nitrogens is 3. The number of halogens is 2. The largest absolute Gasteiger partial charge is 0.364 e. The molecule has 2 aliphatic carbocycles. The summed E-state index contributed by atoms with van der Waals surface area (Å²) in [4.78, 5) is 28.1. The van der Waals surface area contributed by atoms with Crippen LogP contribution in [0.2, 0.25) is 0 Å². The van der Waals surface area contributed by atoms with Crippen molar-refractivity contribution < 1.29 is 18.4 Å². The fourth-order valence-corrected chi connectivity index (χ4v) is 4.29. The third-order valence-electron chi connectivity index (χ3n) is 6.23. The molecular weight excluding hydrogens is 380 g/mol. The predicted octanol–water partition coefficient (Wildman–Crippen LogP) is 3.24. The van der Waals surface area contributed by atoms with Gasteiger partial charge < -0.3 is 11.1 Å². The molecule has 2 amide bonds. The minimum Gasteiger partial charge on any atom is -0.364 e. The number of pyridine rings is 1. The second-order valence-corrected chi connectivity index (χ2v) is 8.24. The molecule has 1 unspecified atom stereocenters. The number of alkyl halides is 2. The number of primary amides is 1. The maximum Gasteiger partial charge on any atom is 0.289 e. The van der Waals surface area contributed by atoms with Crippen LogP contribution in [0.1, 0.15) is 64.8 Å². The first-order chi connectivity index (χ1) is 13.6. The van der Waals surface area contributed by atoms with Crippen molar-refractivity contribution in [2.75, 3.05) is 5.32 Å². The summed E-state index contributed by atoms with van der Waals surface area (Å²) in [5.41, 5.74) is 5.73. The zero-order valence-corrected chi connectivity index (χ0v) is 16.3. The zero-order valence-electron chi connectivity index (χ0n) is 16.3. The second-order valence-electron chi connectivity index (χ2n) is 8.24. The fraction of sp³-hybridized carbons (Fsp3) is 0.500. The molecule has 2 saturated carbocycles. The number of nitrogens with two attached hydrogens (primary N) is 1. The summed E-state index contributed by atoms with van der Waals surface area (Å²) < 4.78 is 29.6. The molecule has 7 nitrogen and oxygen atoms in total. The van der Waals surface area contributed by atoms with E-state index < -0.39 is 17.7 Å². The zero-order chi connectivity index (χ0) is 21.0. The van der Waals surface area contributed by atoms with Gasteiger partial charge in [-0.3, -0.25) is 19.3 Å². The van der Waals surface area contributed by atoms with Crippen molar-refractivity contribution >= 4 is 17.5 Å². The summed E-state index contributed by atoms with van der Waals surface area (Å²) in [5.74, 6) is -4.09. The molecule has 0 aliphatic heterocycles. The summed E-state index contributed by atoms with van der Waals surface area (Å²) in [6.45, 7) is 2.71. The molecule has 29 heavy (non-hydrogen) atoms. The molecule has 2 aromatic rings. The second kappa shape index (κ2) is 6.60. The first-order valence-corrected chi connectivity index (χ1v) is 9.64. The maximum absolute atomic E-state index is 14.1. The summed E-state index contributed by atoms with van der Waals surface area (Å²) in [6.07, 6.45) is 5.83. The Morgan fingerprint density at radius 3 is 2.66 bits per heavy atom. The van der Waals surface area contributed by atoms with Gasteiger partial charge in [0.1, 0.15) is 17.1 Å². The van der Waals surface area contributed by atoms with Gasteiger partial charge >= 0.3 is 0 Å². The van der Waals surface area contributed by atoms with Crippen LogP contribution in [-0.4, -0.2) is 26.6 Å². The normalized spacial score (nSPS) is 19.7. The van der Waals surface area contributed by atoms with Crippen LogP contribution in [0.4, 0.5) is 14.5 Å². The van der Waals surface area contributed by atoms with Crippen LogP contribution >= 0.6 is 0 Å². The summed E-state index contributed by atoms with van der Waals surface area (Å²) in [5, 5.41) is 6.78. The molecule has 2 fully saturated rings. The number of rotatable bonds is 6. The molecule has 2 heterocycles. The Kier molecular flexibility index (Phi) is 4.43. The van der Waals surface area contributed by atoms with Gasteiger partial charge in [-0.1, -0.05) is 0 Å². The highest BCUT2D eigenvalue weighted by Gasteiger charge is 2.55. The molecule has 1 atom stereocenters. The van der Waals surface area contributed by atoms with Crippen LogP contribution in [0.25, 0.3) is 0 Å². The Balaban J connectivity index is 1.65. The highest BCUT2D eigenvalue weighted by Crippen LogP contribution is 2.64. The van der Waals surface area contributed by atoms with E-state index >= 15 is 0 Å². The van der Waals surface area contributed by atoms with E-state index in [-0.39, 0.29) is 22.6 Å². The maximum atomic E-state index is 14.1. The Morgan fingerprint density at radius 1 is 1.38 bits per heavy atom. The lowest BCUT2D eigenvalue weighted by atomic mass is 9.70. The molecule has 3 N–H and O–H groups in total. The van der Waals surface area contributed by atoms with E-state index in [4.69, 9.17) is 5.73 Å². The van der Waals surface area contributed by atoms with Crippen LogP contribution in [0.15, 0.2) is 18.3 Å². The van der Waals surface area contributed by atoms with E-state index in [1.54, 1.807) is 0 Å². The van der Waals surface area contributed by atoms with Crippen molar-refractivity contribution in [1.29, 1.82) is 0 Å². The molecule has 9 heteroatoms. The number of hydrogen-bond donors (Lipinski definition) is 2. The quantitative estimate of drug-likeness (QED) is 0.773. The summed E-state index contributed by atoms with van der Waals surface area (Å²) >= 11 is 0. The minimum atomic E-state index is -3.16. The molecule has 154 valence electrons. The Bertz CT molecular complexity index is 991. The van der Waals surface area contributed by atoms with E-state index in [0.29, 0.717) is 23.6 Å². The molecule has 0 aromatic carbocycles. The van der Waals surface area contributed by atoms with E-state index in [9.17, 15) is 18.4 Å². The third-order valence-corrected chi connectivity index (χ3v) is 6.23. The van der Waals surface area contributed by atoms with Gasteiger partial charge in [-0.05, 0) is 56.1 Å². The average Bonchev–Trinajstić information content (AvgIpc) is 3.38. The average molecular weight is 403 g/mol. The van der Waals surface area contributed by atoms with Gasteiger partial charge in [0.2, 0.25) is 0 Å². The number of carbonyl (C=O) groups excluding carboxylic acids is 2. The van der Waals surface area contributed by atoms with E-state index in [2.05, 4.69) is 15.4 Å². The summed E-state index contributed by atoms with van der Waals surface area (Å²) in [7, 11) is 0. The molecule has 2 aliphatic rings. The topological polar surface area (TPSA) is 103 Å². The number of nitrogens with one attached hydrogen (secondary N) is 1. The lowest BCUT2D eigenvalue weighted by Crippen LogP contribution is -2.33. The first-order valence-electron chi connectivity index (χ1n) is 9.64. The van der Waals surface area contributed by atoms with Crippen LogP contribution in [0, 0.1) is 18.3 Å². The molecule has 0 bridgehead atoms. The Hall–Kier alpha value is -2.84. The standard InChI is InChI=1S/C20H23F2N5O2/c1-11-15(18(29)25-13-4-8-24-14(9-13)17(23)28)27(26-16(11)19(2,21)22)10-12-3-5-20(12)6-7-20/h4,8-9,12H,3,5-7,10H2,1-2H3,(H2,23,28)(H,24,25,29). The highest BCUT2D eigenvalue weighted by atomic mass is 19.3. The summed E-state index contributed by atoms with van der Waals surface area (Å²) in [6, 6.07) is 2.84. The predicted molar refractivity (Wildman–Crippen MR) is 102 cm³/mol. The van der Waals surface area contributed by atoms with Gasteiger partial charge in [-0.25, -0.2) is 0 Å². The Morgan fingerprint density at radius 2 is 2.10 bits per heavy atom. The van der Waals surface area contributed by atoms with E-state index in [1.807, 2.05) is 0 Å². The lowest BCUT2D eigenvalue weighted by Gasteiger charge is -2.37. The van der Waals surface area contributed by atoms with E-state index in [0.717, 1.165) is 32.6 Å². The monoisotopic (exact) mass is 403 g/mol. The van der Waals surface area contributed by atoms with Crippen LogP contribution in [0.5, 0.6) is 0 Å². The SMILES string of the molecule is Cc1c(C(C)(F)F)nn(CC2CCC23CC3)c1C(=O)Nc1ccnc(C(N)=O)c1. The van der Waals surface area contributed by atoms with Gasteiger partial charge in [-0.15, -0.1) is 0 Å².